The number of carbonyl (C=O) groups is 2. The van der Waals surface area contributed by atoms with Crippen LogP contribution in [0.1, 0.15) is 39.2 Å². The third-order valence-electron chi connectivity index (χ3n) is 6.24. The molecule has 0 aliphatic carbocycles. The smallest absolute Gasteiger partial charge is 0.268 e. The highest BCUT2D eigenvalue weighted by Crippen LogP contribution is 2.27. The first-order valence-electron chi connectivity index (χ1n) is 12.7. The number of aromatic nitrogens is 1. The second-order valence-electron chi connectivity index (χ2n) is 9.28. The van der Waals surface area contributed by atoms with Crippen molar-refractivity contribution in [2.45, 2.75) is 33.1 Å². The van der Waals surface area contributed by atoms with Gasteiger partial charge in [0.15, 0.2) is 0 Å². The van der Waals surface area contributed by atoms with E-state index in [0.29, 0.717) is 37.4 Å². The van der Waals surface area contributed by atoms with Crippen molar-refractivity contribution in [2.75, 3.05) is 18.9 Å². The van der Waals surface area contributed by atoms with Gasteiger partial charge in [-0.25, -0.2) is 0 Å². The fraction of sp³-hybridized carbons (Fsp3) is 0.267. The first kappa shape index (κ1) is 29.1. The Kier molecular flexibility index (Phi) is 10.4. The van der Waals surface area contributed by atoms with Gasteiger partial charge >= 0.3 is 0 Å². The van der Waals surface area contributed by atoms with E-state index < -0.39 is 0 Å². The third kappa shape index (κ3) is 8.03. The van der Waals surface area contributed by atoms with Crippen molar-refractivity contribution in [1.29, 1.82) is 0 Å². The van der Waals surface area contributed by atoms with Crippen molar-refractivity contribution in [3.05, 3.63) is 98.1 Å². The molecule has 0 spiro atoms. The van der Waals surface area contributed by atoms with Crippen LogP contribution in [-0.2, 0) is 17.6 Å². The van der Waals surface area contributed by atoms with Crippen LogP contribution in [-0.4, -0.2) is 35.7 Å². The Labute approximate surface area is 246 Å². The van der Waals surface area contributed by atoms with E-state index in [1.54, 1.807) is 0 Å². The number of hydrogen-bond donors (Lipinski definition) is 3. The average molecular weight is 629 g/mol. The number of H-pyrrole nitrogens is 1. The molecule has 4 rings (SSSR count). The molecule has 9 heteroatoms. The molecule has 204 valence electrons. The second-order valence-corrected chi connectivity index (χ2v) is 11.5. The molecular formula is C30H31BrClN3O3S. The quantitative estimate of drug-likeness (QED) is 0.117. The molecule has 0 saturated heterocycles. The van der Waals surface area contributed by atoms with E-state index in [-0.39, 0.29) is 11.8 Å². The summed E-state index contributed by atoms with van der Waals surface area (Å²) in [5, 5.41) is 4.77. The Balaban J connectivity index is 1.27. The van der Waals surface area contributed by atoms with Gasteiger partial charge in [0.2, 0.25) is 5.91 Å². The molecule has 6 nitrogen and oxygen atoms in total. The maximum absolute atomic E-state index is 13.1. The SMILES string of the molecule is Cc1cc(OCCCc2c(C(=O)NCCSNC(=O)Cc3ccc(Br)cc3)[nH]c3ccccc23)cc(C)c1Cl. The summed E-state index contributed by atoms with van der Waals surface area (Å²) in [4.78, 5) is 28.5. The lowest BCUT2D eigenvalue weighted by atomic mass is 10.1. The fourth-order valence-corrected chi connectivity index (χ4v) is 5.25. The number of para-hydroxylation sites is 1. The van der Waals surface area contributed by atoms with Crippen molar-refractivity contribution in [2.24, 2.45) is 0 Å². The van der Waals surface area contributed by atoms with Gasteiger partial charge in [0.05, 0.1) is 13.0 Å². The zero-order valence-corrected chi connectivity index (χ0v) is 25.1. The van der Waals surface area contributed by atoms with Crippen LogP contribution in [0, 0.1) is 13.8 Å². The number of halogens is 2. The molecule has 0 aliphatic heterocycles. The number of aromatic amines is 1. The molecule has 3 N–H and O–H groups in total. The minimum Gasteiger partial charge on any atom is -0.494 e. The van der Waals surface area contributed by atoms with E-state index in [2.05, 4.69) is 31.0 Å². The fourth-order valence-electron chi connectivity index (χ4n) is 4.34. The number of amides is 2. The average Bonchev–Trinajstić information content (AvgIpc) is 3.29. The van der Waals surface area contributed by atoms with Crippen LogP contribution in [0.15, 0.2) is 65.1 Å². The van der Waals surface area contributed by atoms with Crippen LogP contribution in [0.25, 0.3) is 10.9 Å². The minimum atomic E-state index is -0.159. The van der Waals surface area contributed by atoms with Crippen molar-refractivity contribution in [3.8, 4) is 5.75 Å². The van der Waals surface area contributed by atoms with E-state index in [0.717, 1.165) is 54.8 Å². The summed E-state index contributed by atoms with van der Waals surface area (Å²) in [5.41, 5.74) is 5.40. The molecule has 0 bridgehead atoms. The molecule has 0 radical (unpaired) electrons. The van der Waals surface area contributed by atoms with Gasteiger partial charge < -0.3 is 15.0 Å². The number of fused-ring (bicyclic) bond motifs is 1. The van der Waals surface area contributed by atoms with Gasteiger partial charge in [-0.05, 0) is 91.2 Å². The van der Waals surface area contributed by atoms with Gasteiger partial charge in [-0.3, -0.25) is 14.3 Å². The number of aryl methyl sites for hydroxylation is 3. The Morgan fingerprint density at radius 2 is 1.77 bits per heavy atom. The molecule has 1 heterocycles. The summed E-state index contributed by atoms with van der Waals surface area (Å²) in [6, 6.07) is 19.5. The first-order chi connectivity index (χ1) is 18.8. The Hall–Kier alpha value is -2.94. The lowest BCUT2D eigenvalue weighted by Gasteiger charge is -2.11. The van der Waals surface area contributed by atoms with E-state index in [9.17, 15) is 9.59 Å². The second kappa shape index (κ2) is 13.9. The number of ether oxygens (including phenoxy) is 1. The Morgan fingerprint density at radius 3 is 2.51 bits per heavy atom. The van der Waals surface area contributed by atoms with E-state index in [1.165, 1.54) is 11.9 Å². The molecule has 3 aromatic carbocycles. The van der Waals surface area contributed by atoms with E-state index in [1.807, 2.05) is 74.5 Å². The minimum absolute atomic E-state index is 0.0716. The number of carbonyl (C=O) groups excluding carboxylic acids is 2. The van der Waals surface area contributed by atoms with Crippen LogP contribution in [0.4, 0.5) is 0 Å². The molecule has 4 aromatic rings. The van der Waals surface area contributed by atoms with Crippen molar-refractivity contribution >= 4 is 62.2 Å². The lowest BCUT2D eigenvalue weighted by Crippen LogP contribution is -2.28. The van der Waals surface area contributed by atoms with Crippen molar-refractivity contribution in [1.82, 2.24) is 15.0 Å². The number of hydrogen-bond acceptors (Lipinski definition) is 4. The summed E-state index contributed by atoms with van der Waals surface area (Å²) >= 11 is 10.9. The molecule has 0 atom stereocenters. The zero-order chi connectivity index (χ0) is 27.8. The Bertz CT molecular complexity index is 1430. The number of nitrogens with one attached hydrogen (secondary N) is 3. The molecule has 0 unspecified atom stereocenters. The lowest BCUT2D eigenvalue weighted by molar-refractivity contribution is -0.118. The van der Waals surface area contributed by atoms with E-state index >= 15 is 0 Å². The van der Waals surface area contributed by atoms with Crippen LogP contribution in [0.5, 0.6) is 5.75 Å². The van der Waals surface area contributed by atoms with Crippen LogP contribution >= 0.6 is 39.5 Å². The first-order valence-corrected chi connectivity index (χ1v) is 14.9. The zero-order valence-electron chi connectivity index (χ0n) is 21.9. The summed E-state index contributed by atoms with van der Waals surface area (Å²) in [6.45, 7) is 4.89. The third-order valence-corrected chi connectivity index (χ3v) is 8.15. The highest BCUT2D eigenvalue weighted by molar-refractivity contribution is 9.10. The number of benzene rings is 3. The summed E-state index contributed by atoms with van der Waals surface area (Å²) in [5.74, 6) is 1.12. The monoisotopic (exact) mass is 627 g/mol. The van der Waals surface area contributed by atoms with Gasteiger partial charge in [0, 0.05) is 32.7 Å². The molecule has 2 amide bonds. The van der Waals surface area contributed by atoms with Crippen LogP contribution in [0.2, 0.25) is 5.02 Å². The van der Waals surface area contributed by atoms with Gasteiger partial charge in [-0.2, -0.15) is 0 Å². The predicted octanol–water partition coefficient (Wildman–Crippen LogP) is 6.95. The molecule has 0 aliphatic rings. The molecule has 39 heavy (non-hydrogen) atoms. The highest BCUT2D eigenvalue weighted by atomic mass is 79.9. The standard InChI is InChI=1S/C30H31BrClN3O3S/c1-19-16-23(17-20(2)28(19)32)38-14-5-7-25-24-6-3-4-8-26(24)34-29(25)30(37)33-13-15-39-35-27(36)18-21-9-11-22(31)12-10-21/h3-4,6,8-12,16-17,34H,5,7,13-15,18H2,1-2H3,(H,33,37)(H,35,36). The van der Waals surface area contributed by atoms with Crippen molar-refractivity contribution in [3.63, 3.8) is 0 Å². The predicted molar refractivity (Wildman–Crippen MR) is 164 cm³/mol. The van der Waals surface area contributed by atoms with Gasteiger partial charge in [-0.15, -0.1) is 0 Å². The van der Waals surface area contributed by atoms with Gasteiger partial charge in [-0.1, -0.05) is 57.9 Å². The summed E-state index contributed by atoms with van der Waals surface area (Å²) < 4.78 is 9.79. The molecule has 0 saturated carbocycles. The van der Waals surface area contributed by atoms with Crippen LogP contribution in [0.3, 0.4) is 0 Å². The van der Waals surface area contributed by atoms with Gasteiger partial charge in [0.25, 0.3) is 5.91 Å². The maximum atomic E-state index is 13.1. The molecular weight excluding hydrogens is 598 g/mol. The highest BCUT2D eigenvalue weighted by Gasteiger charge is 2.17. The maximum Gasteiger partial charge on any atom is 0.268 e. The Morgan fingerprint density at radius 1 is 1.05 bits per heavy atom. The van der Waals surface area contributed by atoms with Gasteiger partial charge in [0.1, 0.15) is 11.4 Å². The van der Waals surface area contributed by atoms with Crippen LogP contribution < -0.4 is 14.8 Å². The van der Waals surface area contributed by atoms with Crippen molar-refractivity contribution < 1.29 is 14.3 Å². The number of rotatable bonds is 12. The molecule has 1 aromatic heterocycles. The topological polar surface area (TPSA) is 83.2 Å². The molecule has 0 fully saturated rings. The van der Waals surface area contributed by atoms with E-state index in [4.69, 9.17) is 16.3 Å². The summed E-state index contributed by atoms with van der Waals surface area (Å²) in [6.07, 6.45) is 1.76. The largest absolute Gasteiger partial charge is 0.494 e. The normalized spacial score (nSPS) is 11.0. The summed E-state index contributed by atoms with van der Waals surface area (Å²) in [7, 11) is 0.